The van der Waals surface area contributed by atoms with E-state index in [1.54, 1.807) is 24.3 Å². The number of nitrogens with one attached hydrogen (secondary N) is 1. The molecule has 0 aromatic heterocycles. The van der Waals surface area contributed by atoms with Crippen LogP contribution in [0.25, 0.3) is 0 Å². The van der Waals surface area contributed by atoms with Crippen LogP contribution in [-0.4, -0.2) is 47.2 Å². The van der Waals surface area contributed by atoms with Crippen LogP contribution in [0.1, 0.15) is 18.4 Å². The summed E-state index contributed by atoms with van der Waals surface area (Å²) in [6, 6.07) is 13.1. The SMILES string of the molecule is COc1ccc(S(=O)(=O)N(CC(=O)NCC2CCCO2)c2ccc(C)cc2)cc1. The van der Waals surface area contributed by atoms with E-state index in [9.17, 15) is 13.2 Å². The fourth-order valence-corrected chi connectivity index (χ4v) is 4.54. The summed E-state index contributed by atoms with van der Waals surface area (Å²) in [5.74, 6) is 0.179. The minimum atomic E-state index is -3.94. The molecule has 0 spiro atoms. The molecule has 1 amide bonds. The summed E-state index contributed by atoms with van der Waals surface area (Å²) in [5.41, 5.74) is 1.43. The molecule has 1 atom stereocenters. The summed E-state index contributed by atoms with van der Waals surface area (Å²) >= 11 is 0. The fraction of sp³-hybridized carbons (Fsp3) is 0.381. The normalized spacial score (nSPS) is 16.4. The van der Waals surface area contributed by atoms with Crippen LogP contribution in [0.3, 0.4) is 0 Å². The highest BCUT2D eigenvalue weighted by Gasteiger charge is 2.27. The molecule has 1 fully saturated rings. The number of methoxy groups -OCH3 is 1. The van der Waals surface area contributed by atoms with Crippen molar-refractivity contribution in [1.82, 2.24) is 5.32 Å². The molecule has 1 heterocycles. The maximum atomic E-state index is 13.3. The van der Waals surface area contributed by atoms with Crippen LogP contribution in [0.5, 0.6) is 5.75 Å². The van der Waals surface area contributed by atoms with Crippen molar-refractivity contribution < 1.29 is 22.7 Å². The number of anilines is 1. The van der Waals surface area contributed by atoms with Gasteiger partial charge in [-0.3, -0.25) is 9.10 Å². The van der Waals surface area contributed by atoms with Gasteiger partial charge in [-0.05, 0) is 56.2 Å². The third-order valence-electron chi connectivity index (χ3n) is 4.81. The smallest absolute Gasteiger partial charge is 0.264 e. The number of amides is 1. The fourth-order valence-electron chi connectivity index (χ4n) is 3.12. The summed E-state index contributed by atoms with van der Waals surface area (Å²) in [6.07, 6.45) is 1.86. The number of sulfonamides is 1. The van der Waals surface area contributed by atoms with Gasteiger partial charge >= 0.3 is 0 Å². The zero-order chi connectivity index (χ0) is 20.9. The third kappa shape index (κ3) is 5.27. The molecule has 2 aromatic rings. The van der Waals surface area contributed by atoms with E-state index in [1.165, 1.54) is 19.2 Å². The second-order valence-electron chi connectivity index (χ2n) is 6.96. The van der Waals surface area contributed by atoms with Crippen LogP contribution >= 0.6 is 0 Å². The molecule has 29 heavy (non-hydrogen) atoms. The first-order valence-electron chi connectivity index (χ1n) is 9.52. The van der Waals surface area contributed by atoms with Crippen LogP contribution in [0.4, 0.5) is 5.69 Å². The van der Waals surface area contributed by atoms with Crippen molar-refractivity contribution in [3.05, 3.63) is 54.1 Å². The summed E-state index contributed by atoms with van der Waals surface area (Å²) in [6.45, 7) is 2.68. The van der Waals surface area contributed by atoms with E-state index in [1.807, 2.05) is 19.1 Å². The molecule has 0 radical (unpaired) electrons. The molecule has 2 aromatic carbocycles. The largest absolute Gasteiger partial charge is 0.497 e. The van der Waals surface area contributed by atoms with Gasteiger partial charge in [0.05, 0.1) is 23.8 Å². The van der Waals surface area contributed by atoms with Gasteiger partial charge in [0.15, 0.2) is 0 Å². The molecule has 0 bridgehead atoms. The van der Waals surface area contributed by atoms with Crippen molar-refractivity contribution in [2.24, 2.45) is 0 Å². The van der Waals surface area contributed by atoms with Crippen LogP contribution < -0.4 is 14.4 Å². The number of carbonyl (C=O) groups is 1. The topological polar surface area (TPSA) is 84.9 Å². The van der Waals surface area contributed by atoms with Crippen LogP contribution in [0, 0.1) is 6.92 Å². The van der Waals surface area contributed by atoms with Crippen molar-refractivity contribution >= 4 is 21.6 Å². The van der Waals surface area contributed by atoms with Gasteiger partial charge in [0.25, 0.3) is 10.0 Å². The van der Waals surface area contributed by atoms with Crippen molar-refractivity contribution in [3.63, 3.8) is 0 Å². The highest BCUT2D eigenvalue weighted by Crippen LogP contribution is 2.25. The highest BCUT2D eigenvalue weighted by molar-refractivity contribution is 7.92. The first-order valence-corrected chi connectivity index (χ1v) is 11.0. The summed E-state index contributed by atoms with van der Waals surface area (Å²) in [7, 11) is -2.42. The summed E-state index contributed by atoms with van der Waals surface area (Å²) in [5, 5.41) is 2.79. The molecule has 3 rings (SSSR count). The van der Waals surface area contributed by atoms with Gasteiger partial charge in [-0.2, -0.15) is 0 Å². The zero-order valence-corrected chi connectivity index (χ0v) is 17.4. The van der Waals surface area contributed by atoms with Crippen LogP contribution in [-0.2, 0) is 19.6 Å². The molecule has 156 valence electrons. The van der Waals surface area contributed by atoms with Crippen molar-refractivity contribution in [2.75, 3.05) is 31.1 Å². The number of aryl methyl sites for hydroxylation is 1. The van der Waals surface area contributed by atoms with E-state index in [2.05, 4.69) is 5.32 Å². The number of hydrogen-bond acceptors (Lipinski definition) is 5. The van der Waals surface area contributed by atoms with E-state index in [-0.39, 0.29) is 23.5 Å². The van der Waals surface area contributed by atoms with E-state index in [0.29, 0.717) is 24.6 Å². The number of nitrogens with zero attached hydrogens (tertiary/aromatic N) is 1. The Morgan fingerprint density at radius 2 is 1.86 bits per heavy atom. The summed E-state index contributed by atoms with van der Waals surface area (Å²) in [4.78, 5) is 12.6. The average molecular weight is 419 g/mol. The van der Waals surface area contributed by atoms with Crippen molar-refractivity contribution in [2.45, 2.75) is 30.8 Å². The standard InChI is InChI=1S/C21H26N2O5S/c1-16-5-7-17(8-6-16)23(15-21(24)22-14-19-4-3-13-28-19)29(25,26)20-11-9-18(27-2)10-12-20/h5-12,19H,3-4,13-15H2,1-2H3,(H,22,24). The molecule has 1 N–H and O–H groups in total. The Balaban J connectivity index is 1.83. The van der Waals surface area contributed by atoms with Gasteiger partial charge in [0.1, 0.15) is 12.3 Å². The zero-order valence-electron chi connectivity index (χ0n) is 16.6. The van der Waals surface area contributed by atoms with Gasteiger partial charge in [0, 0.05) is 13.2 Å². The van der Waals surface area contributed by atoms with E-state index < -0.39 is 10.0 Å². The molecule has 0 aliphatic carbocycles. The Kier molecular flexibility index (Phi) is 6.76. The van der Waals surface area contributed by atoms with Crippen molar-refractivity contribution in [1.29, 1.82) is 0 Å². The number of carbonyl (C=O) groups excluding carboxylic acids is 1. The molecular formula is C21H26N2O5S. The average Bonchev–Trinajstić information content (AvgIpc) is 3.25. The van der Waals surface area contributed by atoms with Gasteiger partial charge in [-0.25, -0.2) is 8.42 Å². The molecule has 8 heteroatoms. The Morgan fingerprint density at radius 1 is 1.17 bits per heavy atom. The molecule has 7 nitrogen and oxygen atoms in total. The van der Waals surface area contributed by atoms with Gasteiger partial charge in [0.2, 0.25) is 5.91 Å². The lowest BCUT2D eigenvalue weighted by Gasteiger charge is -2.24. The Morgan fingerprint density at radius 3 is 2.45 bits per heavy atom. The molecule has 1 saturated heterocycles. The minimum absolute atomic E-state index is 0.00929. The van der Waals surface area contributed by atoms with Crippen molar-refractivity contribution in [3.8, 4) is 5.75 Å². The number of rotatable bonds is 8. The van der Waals surface area contributed by atoms with Gasteiger partial charge < -0.3 is 14.8 Å². The quantitative estimate of drug-likeness (QED) is 0.712. The minimum Gasteiger partial charge on any atom is -0.497 e. The predicted molar refractivity (Wildman–Crippen MR) is 111 cm³/mol. The second-order valence-corrected chi connectivity index (χ2v) is 8.82. The monoisotopic (exact) mass is 418 g/mol. The van der Waals surface area contributed by atoms with Gasteiger partial charge in [-0.15, -0.1) is 0 Å². The first kappa shape index (κ1) is 21.1. The number of ether oxygens (including phenoxy) is 2. The van der Waals surface area contributed by atoms with Crippen LogP contribution in [0.2, 0.25) is 0 Å². The predicted octanol–water partition coefficient (Wildman–Crippen LogP) is 2.49. The maximum Gasteiger partial charge on any atom is 0.264 e. The van der Waals surface area contributed by atoms with Crippen LogP contribution in [0.15, 0.2) is 53.4 Å². The van der Waals surface area contributed by atoms with Gasteiger partial charge in [-0.1, -0.05) is 17.7 Å². The Bertz CT molecular complexity index is 921. The molecule has 1 aliphatic rings. The highest BCUT2D eigenvalue weighted by atomic mass is 32.2. The lowest BCUT2D eigenvalue weighted by molar-refractivity contribution is -0.120. The molecule has 0 saturated carbocycles. The van der Waals surface area contributed by atoms with E-state index in [0.717, 1.165) is 22.7 Å². The Labute approximate surface area is 171 Å². The third-order valence-corrected chi connectivity index (χ3v) is 6.60. The van der Waals surface area contributed by atoms with E-state index >= 15 is 0 Å². The second kappa shape index (κ2) is 9.28. The number of benzene rings is 2. The molecule has 1 unspecified atom stereocenters. The lowest BCUT2D eigenvalue weighted by atomic mass is 10.2. The first-order chi connectivity index (χ1) is 13.9. The lowest BCUT2D eigenvalue weighted by Crippen LogP contribution is -2.42. The summed E-state index contributed by atoms with van der Waals surface area (Å²) < 4.78 is 38.3. The Hall–Kier alpha value is -2.58. The maximum absolute atomic E-state index is 13.3. The number of hydrogen-bond donors (Lipinski definition) is 1. The molecule has 1 aliphatic heterocycles. The molecular weight excluding hydrogens is 392 g/mol. The van der Waals surface area contributed by atoms with E-state index in [4.69, 9.17) is 9.47 Å².